The van der Waals surface area contributed by atoms with Gasteiger partial charge < -0.3 is 15.6 Å². The Morgan fingerprint density at radius 3 is 2.81 bits per heavy atom. The van der Waals surface area contributed by atoms with Crippen LogP contribution in [0.5, 0.6) is 0 Å². The third-order valence-corrected chi connectivity index (χ3v) is 2.66. The summed E-state index contributed by atoms with van der Waals surface area (Å²) >= 11 is 0. The van der Waals surface area contributed by atoms with Crippen LogP contribution in [-0.4, -0.2) is 28.2 Å². The Labute approximate surface area is 118 Å². The standard InChI is InChI=1S/C13H13F3N4O/c14-13(15,16)8-19-11(21)7-20-5-4-18-12(20)9-2-1-3-10(17)6-9/h1-6H,7-8,17H2,(H,19,21). The van der Waals surface area contributed by atoms with E-state index < -0.39 is 18.6 Å². The Balaban J connectivity index is 2.09. The van der Waals surface area contributed by atoms with Gasteiger partial charge in [-0.1, -0.05) is 12.1 Å². The number of amides is 1. The van der Waals surface area contributed by atoms with Gasteiger partial charge in [0.15, 0.2) is 0 Å². The van der Waals surface area contributed by atoms with E-state index in [2.05, 4.69) is 4.98 Å². The highest BCUT2D eigenvalue weighted by Crippen LogP contribution is 2.19. The van der Waals surface area contributed by atoms with Crippen molar-refractivity contribution in [3.8, 4) is 11.4 Å². The van der Waals surface area contributed by atoms with Crippen molar-refractivity contribution in [1.82, 2.24) is 14.9 Å². The number of rotatable bonds is 4. The van der Waals surface area contributed by atoms with Gasteiger partial charge in [0.25, 0.3) is 0 Å². The maximum Gasteiger partial charge on any atom is 0.405 e. The maximum atomic E-state index is 12.0. The normalized spacial score (nSPS) is 11.4. The first-order chi connectivity index (χ1) is 9.85. The molecule has 5 nitrogen and oxygen atoms in total. The SMILES string of the molecule is Nc1cccc(-c2nccn2CC(=O)NCC(F)(F)F)c1. The lowest BCUT2D eigenvalue weighted by Crippen LogP contribution is -2.35. The first kappa shape index (κ1) is 14.9. The molecule has 0 fully saturated rings. The minimum absolute atomic E-state index is 0.250. The number of aromatic nitrogens is 2. The van der Waals surface area contributed by atoms with Gasteiger partial charge in [-0.3, -0.25) is 4.79 Å². The third-order valence-electron chi connectivity index (χ3n) is 2.66. The summed E-state index contributed by atoms with van der Waals surface area (Å²) in [5.41, 5.74) is 6.89. The lowest BCUT2D eigenvalue weighted by atomic mass is 10.2. The number of halogens is 3. The number of nitrogens with one attached hydrogen (secondary N) is 1. The van der Waals surface area contributed by atoms with E-state index >= 15 is 0 Å². The van der Waals surface area contributed by atoms with Crippen molar-refractivity contribution in [2.75, 3.05) is 12.3 Å². The van der Waals surface area contributed by atoms with Gasteiger partial charge in [-0.2, -0.15) is 13.2 Å². The van der Waals surface area contributed by atoms with Crippen LogP contribution in [0.3, 0.4) is 0 Å². The molecule has 112 valence electrons. The van der Waals surface area contributed by atoms with Crippen LogP contribution in [0, 0.1) is 0 Å². The zero-order valence-electron chi connectivity index (χ0n) is 10.9. The molecule has 8 heteroatoms. The quantitative estimate of drug-likeness (QED) is 0.846. The molecule has 0 atom stereocenters. The van der Waals surface area contributed by atoms with E-state index in [1.807, 2.05) is 5.32 Å². The zero-order valence-corrected chi connectivity index (χ0v) is 10.9. The van der Waals surface area contributed by atoms with Crippen molar-refractivity contribution in [1.29, 1.82) is 0 Å². The molecule has 0 unspecified atom stereocenters. The van der Waals surface area contributed by atoms with Crippen LogP contribution in [0.15, 0.2) is 36.7 Å². The highest BCUT2D eigenvalue weighted by molar-refractivity contribution is 5.76. The molecule has 0 radical (unpaired) electrons. The summed E-state index contributed by atoms with van der Waals surface area (Å²) in [4.78, 5) is 15.6. The van der Waals surface area contributed by atoms with E-state index in [4.69, 9.17) is 5.73 Å². The predicted molar refractivity (Wildman–Crippen MR) is 71.1 cm³/mol. The summed E-state index contributed by atoms with van der Waals surface area (Å²) in [5, 5.41) is 1.81. The summed E-state index contributed by atoms with van der Waals surface area (Å²) in [5.74, 6) is -0.278. The Morgan fingerprint density at radius 2 is 2.14 bits per heavy atom. The Hall–Kier alpha value is -2.51. The average Bonchev–Trinajstić information content (AvgIpc) is 2.84. The predicted octanol–water partition coefficient (Wildman–Crippen LogP) is 1.81. The molecular formula is C13H13F3N4O. The number of hydrogen-bond acceptors (Lipinski definition) is 3. The van der Waals surface area contributed by atoms with Gasteiger partial charge in [0.2, 0.25) is 5.91 Å². The van der Waals surface area contributed by atoms with Crippen LogP contribution >= 0.6 is 0 Å². The molecule has 0 spiro atoms. The molecule has 2 aromatic rings. The van der Waals surface area contributed by atoms with Crippen LogP contribution in [0.25, 0.3) is 11.4 Å². The summed E-state index contributed by atoms with van der Waals surface area (Å²) < 4.78 is 37.6. The van der Waals surface area contributed by atoms with Crippen molar-refractivity contribution in [2.24, 2.45) is 0 Å². The van der Waals surface area contributed by atoms with Crippen LogP contribution < -0.4 is 11.1 Å². The summed E-state index contributed by atoms with van der Waals surface area (Å²) in [6.45, 7) is -1.60. The number of nitrogen functional groups attached to an aromatic ring is 1. The molecule has 0 saturated carbocycles. The zero-order chi connectivity index (χ0) is 15.5. The van der Waals surface area contributed by atoms with Crippen molar-refractivity contribution >= 4 is 11.6 Å². The fourth-order valence-electron chi connectivity index (χ4n) is 1.78. The minimum atomic E-state index is -4.43. The first-order valence-corrected chi connectivity index (χ1v) is 6.05. The molecule has 0 bridgehead atoms. The molecule has 1 aromatic heterocycles. The van der Waals surface area contributed by atoms with Gasteiger partial charge >= 0.3 is 6.18 Å². The molecule has 0 aliphatic heterocycles. The second-order valence-corrected chi connectivity index (χ2v) is 4.40. The maximum absolute atomic E-state index is 12.0. The largest absolute Gasteiger partial charge is 0.405 e. The number of anilines is 1. The van der Waals surface area contributed by atoms with Crippen LogP contribution in [0.2, 0.25) is 0 Å². The van der Waals surface area contributed by atoms with Gasteiger partial charge in [-0.25, -0.2) is 4.98 Å². The highest BCUT2D eigenvalue weighted by Gasteiger charge is 2.27. The second kappa shape index (κ2) is 5.86. The Bertz CT molecular complexity index is 636. The van der Waals surface area contributed by atoms with Crippen molar-refractivity contribution in [2.45, 2.75) is 12.7 Å². The second-order valence-electron chi connectivity index (χ2n) is 4.40. The molecule has 0 saturated heterocycles. The summed E-state index contributed by atoms with van der Waals surface area (Å²) in [6.07, 6.45) is -1.44. The molecule has 2 rings (SSSR count). The molecule has 1 heterocycles. The van der Waals surface area contributed by atoms with Gasteiger partial charge in [-0.15, -0.1) is 0 Å². The topological polar surface area (TPSA) is 72.9 Å². The average molecular weight is 298 g/mol. The Kier molecular flexibility index (Phi) is 4.15. The Morgan fingerprint density at radius 1 is 1.38 bits per heavy atom. The van der Waals surface area contributed by atoms with E-state index in [9.17, 15) is 18.0 Å². The van der Waals surface area contributed by atoms with E-state index in [1.165, 1.54) is 17.0 Å². The lowest BCUT2D eigenvalue weighted by Gasteiger charge is -2.10. The molecule has 1 aromatic carbocycles. The number of imidazole rings is 1. The molecule has 0 aliphatic carbocycles. The monoisotopic (exact) mass is 298 g/mol. The van der Waals surface area contributed by atoms with Gasteiger partial charge in [0, 0.05) is 23.6 Å². The van der Waals surface area contributed by atoms with Crippen LogP contribution in [-0.2, 0) is 11.3 Å². The summed E-state index contributed by atoms with van der Waals surface area (Å²) in [6, 6.07) is 6.86. The lowest BCUT2D eigenvalue weighted by molar-refractivity contribution is -0.138. The van der Waals surface area contributed by atoms with E-state index in [0.717, 1.165) is 0 Å². The van der Waals surface area contributed by atoms with E-state index in [0.29, 0.717) is 17.1 Å². The number of nitrogens with two attached hydrogens (primary N) is 1. The van der Waals surface area contributed by atoms with Crippen molar-refractivity contribution in [3.63, 3.8) is 0 Å². The fraction of sp³-hybridized carbons (Fsp3) is 0.231. The summed E-state index contributed by atoms with van der Waals surface area (Å²) in [7, 11) is 0. The number of carbonyl (C=O) groups excluding carboxylic acids is 1. The number of alkyl halides is 3. The van der Waals surface area contributed by atoms with Gasteiger partial charge in [0.05, 0.1) is 0 Å². The molecule has 3 N–H and O–H groups in total. The number of carbonyl (C=O) groups is 1. The minimum Gasteiger partial charge on any atom is -0.399 e. The smallest absolute Gasteiger partial charge is 0.399 e. The van der Waals surface area contributed by atoms with E-state index in [-0.39, 0.29) is 6.54 Å². The number of benzene rings is 1. The number of nitrogens with zero attached hydrogens (tertiary/aromatic N) is 2. The van der Waals surface area contributed by atoms with Gasteiger partial charge in [0.1, 0.15) is 18.9 Å². The van der Waals surface area contributed by atoms with Crippen molar-refractivity contribution < 1.29 is 18.0 Å². The molecule has 21 heavy (non-hydrogen) atoms. The number of hydrogen-bond donors (Lipinski definition) is 2. The first-order valence-electron chi connectivity index (χ1n) is 6.05. The molecule has 0 aliphatic rings. The van der Waals surface area contributed by atoms with Crippen molar-refractivity contribution in [3.05, 3.63) is 36.7 Å². The molecule has 1 amide bonds. The molecular weight excluding hydrogens is 285 g/mol. The highest BCUT2D eigenvalue weighted by atomic mass is 19.4. The van der Waals surface area contributed by atoms with Gasteiger partial charge in [-0.05, 0) is 12.1 Å². The van der Waals surface area contributed by atoms with Crippen LogP contribution in [0.1, 0.15) is 0 Å². The fourth-order valence-corrected chi connectivity index (χ4v) is 1.78. The van der Waals surface area contributed by atoms with Crippen LogP contribution in [0.4, 0.5) is 18.9 Å². The van der Waals surface area contributed by atoms with E-state index in [1.54, 1.807) is 24.3 Å². The third kappa shape index (κ3) is 4.23.